The van der Waals surface area contributed by atoms with E-state index in [1.807, 2.05) is 0 Å². The molecule has 4 aromatic rings. The Kier molecular flexibility index (Phi) is 6.59. The Labute approximate surface area is 194 Å². The first-order chi connectivity index (χ1) is 15.9. The van der Waals surface area contributed by atoms with Gasteiger partial charge in [0, 0.05) is 31.0 Å². The van der Waals surface area contributed by atoms with Crippen molar-refractivity contribution in [3.63, 3.8) is 0 Å². The SMILES string of the molecule is Cn1cc(C(=O)NCc2ccc(Cl)cc2)c(=O)c2cc(CC#CC(O)c3ccccn3)oc21. The number of amides is 1. The Bertz CT molecular complexity index is 1410. The lowest BCUT2D eigenvalue weighted by Crippen LogP contribution is -2.29. The Hall–Kier alpha value is -3.86. The lowest BCUT2D eigenvalue weighted by atomic mass is 10.1. The molecule has 4 rings (SSSR count). The van der Waals surface area contributed by atoms with E-state index in [4.69, 9.17) is 16.0 Å². The zero-order chi connectivity index (χ0) is 23.4. The van der Waals surface area contributed by atoms with Gasteiger partial charge in [-0.3, -0.25) is 14.6 Å². The largest absolute Gasteiger partial charge is 0.443 e. The maximum absolute atomic E-state index is 12.9. The summed E-state index contributed by atoms with van der Waals surface area (Å²) in [5.74, 6) is 5.54. The number of aliphatic hydroxyl groups excluding tert-OH is 1. The molecular weight excluding hydrogens is 442 g/mol. The van der Waals surface area contributed by atoms with Gasteiger partial charge in [-0.1, -0.05) is 41.6 Å². The van der Waals surface area contributed by atoms with Gasteiger partial charge in [0.25, 0.3) is 5.91 Å². The molecule has 0 aliphatic rings. The van der Waals surface area contributed by atoms with Crippen LogP contribution in [0.2, 0.25) is 5.02 Å². The van der Waals surface area contributed by atoms with Crippen molar-refractivity contribution in [1.82, 2.24) is 14.9 Å². The number of carbonyl (C=O) groups is 1. The molecule has 1 amide bonds. The number of halogens is 1. The predicted octanol–water partition coefficient (Wildman–Crippen LogP) is 3.39. The number of rotatable bonds is 5. The molecule has 1 aromatic carbocycles. The Morgan fingerprint density at radius 1 is 1.27 bits per heavy atom. The van der Waals surface area contributed by atoms with E-state index in [-0.39, 0.29) is 18.5 Å². The summed E-state index contributed by atoms with van der Waals surface area (Å²) in [7, 11) is 1.70. The zero-order valence-electron chi connectivity index (χ0n) is 17.7. The molecule has 3 aromatic heterocycles. The lowest BCUT2D eigenvalue weighted by Gasteiger charge is -2.07. The molecule has 0 saturated carbocycles. The number of furan rings is 1. The minimum atomic E-state index is -1.02. The number of aromatic nitrogens is 2. The quantitative estimate of drug-likeness (QED) is 0.444. The molecule has 166 valence electrons. The zero-order valence-corrected chi connectivity index (χ0v) is 18.5. The molecule has 0 spiro atoms. The van der Waals surface area contributed by atoms with E-state index < -0.39 is 17.4 Å². The van der Waals surface area contributed by atoms with Gasteiger partial charge >= 0.3 is 0 Å². The van der Waals surface area contributed by atoms with Gasteiger partial charge in [0.05, 0.1) is 17.5 Å². The number of fused-ring (bicyclic) bond motifs is 1. The van der Waals surface area contributed by atoms with Crippen LogP contribution in [0.5, 0.6) is 0 Å². The Morgan fingerprint density at radius 3 is 2.79 bits per heavy atom. The van der Waals surface area contributed by atoms with Crippen molar-refractivity contribution in [1.29, 1.82) is 0 Å². The maximum Gasteiger partial charge on any atom is 0.257 e. The van der Waals surface area contributed by atoms with E-state index in [1.165, 1.54) is 6.20 Å². The summed E-state index contributed by atoms with van der Waals surface area (Å²) in [5.41, 5.74) is 1.26. The first kappa shape index (κ1) is 22.3. The Morgan fingerprint density at radius 2 is 2.06 bits per heavy atom. The molecule has 1 unspecified atom stereocenters. The summed E-state index contributed by atoms with van der Waals surface area (Å²) >= 11 is 5.88. The van der Waals surface area contributed by atoms with E-state index in [0.717, 1.165) is 5.56 Å². The first-order valence-corrected chi connectivity index (χ1v) is 10.5. The number of aryl methyl sites for hydroxylation is 1. The van der Waals surface area contributed by atoms with Crippen LogP contribution in [-0.4, -0.2) is 20.6 Å². The van der Waals surface area contributed by atoms with E-state index >= 15 is 0 Å². The molecular formula is C25H20ClN3O4. The molecule has 0 radical (unpaired) electrons. The summed E-state index contributed by atoms with van der Waals surface area (Å²) in [4.78, 5) is 29.6. The minimum Gasteiger partial charge on any atom is -0.443 e. The summed E-state index contributed by atoms with van der Waals surface area (Å²) < 4.78 is 7.35. The highest BCUT2D eigenvalue weighted by atomic mass is 35.5. The predicted molar refractivity (Wildman–Crippen MR) is 125 cm³/mol. The highest BCUT2D eigenvalue weighted by Crippen LogP contribution is 2.17. The van der Waals surface area contributed by atoms with Crippen molar-refractivity contribution in [2.75, 3.05) is 0 Å². The van der Waals surface area contributed by atoms with Crippen molar-refractivity contribution >= 4 is 28.6 Å². The molecule has 0 saturated heterocycles. The number of hydrogen-bond donors (Lipinski definition) is 2. The van der Waals surface area contributed by atoms with Gasteiger partial charge in [-0.15, -0.1) is 0 Å². The summed E-state index contributed by atoms with van der Waals surface area (Å²) in [6, 6.07) is 13.9. The number of carbonyl (C=O) groups excluding carboxylic acids is 1. The van der Waals surface area contributed by atoms with Crippen LogP contribution in [0.25, 0.3) is 11.1 Å². The second-order valence-electron chi connectivity index (χ2n) is 7.38. The molecule has 0 aliphatic carbocycles. The fraction of sp³-hybridized carbons (Fsp3) is 0.160. The van der Waals surface area contributed by atoms with Gasteiger partial charge in [-0.2, -0.15) is 0 Å². The van der Waals surface area contributed by atoms with Crippen molar-refractivity contribution in [2.45, 2.75) is 19.1 Å². The summed E-state index contributed by atoms with van der Waals surface area (Å²) in [6.07, 6.45) is 2.21. The second-order valence-corrected chi connectivity index (χ2v) is 7.81. The van der Waals surface area contributed by atoms with E-state index in [1.54, 1.807) is 66.3 Å². The number of benzene rings is 1. The molecule has 8 heteroatoms. The number of nitrogens with one attached hydrogen (secondary N) is 1. The highest BCUT2D eigenvalue weighted by molar-refractivity contribution is 6.30. The fourth-order valence-corrected chi connectivity index (χ4v) is 3.41. The second kappa shape index (κ2) is 9.74. The van der Waals surface area contributed by atoms with Gasteiger partial charge in [-0.25, -0.2) is 0 Å². The fourth-order valence-electron chi connectivity index (χ4n) is 3.29. The molecule has 0 fully saturated rings. The normalized spacial score (nSPS) is 11.6. The standard InChI is InChI=1S/C25H20ClN3O4/c1-29-15-20(24(32)28-14-16-8-10-17(26)11-9-16)23(31)19-13-18(33-25(19)29)5-4-7-22(30)21-6-2-3-12-27-21/h2-3,6,8-13,15,22,30H,5,14H2,1H3,(H,28,32). The molecule has 7 nitrogen and oxygen atoms in total. The third-order valence-corrected chi connectivity index (χ3v) is 5.23. The number of hydrogen-bond acceptors (Lipinski definition) is 5. The summed E-state index contributed by atoms with van der Waals surface area (Å²) in [6.45, 7) is 0.266. The topological polar surface area (TPSA) is 97.4 Å². The van der Waals surface area contributed by atoms with Crippen LogP contribution in [0.3, 0.4) is 0 Å². The van der Waals surface area contributed by atoms with Crippen LogP contribution < -0.4 is 10.7 Å². The Balaban J connectivity index is 1.51. The number of aliphatic hydroxyl groups is 1. The van der Waals surface area contributed by atoms with Crippen molar-refractivity contribution < 1.29 is 14.3 Å². The van der Waals surface area contributed by atoms with Gasteiger partial charge < -0.3 is 19.4 Å². The molecule has 0 bridgehead atoms. The molecule has 2 N–H and O–H groups in total. The lowest BCUT2D eigenvalue weighted by molar-refractivity contribution is 0.0949. The van der Waals surface area contributed by atoms with E-state index in [2.05, 4.69) is 22.1 Å². The number of nitrogens with zero attached hydrogens (tertiary/aromatic N) is 2. The van der Waals surface area contributed by atoms with Gasteiger partial charge in [0.15, 0.2) is 6.10 Å². The van der Waals surface area contributed by atoms with E-state index in [9.17, 15) is 14.7 Å². The molecule has 3 heterocycles. The third-order valence-electron chi connectivity index (χ3n) is 4.98. The number of pyridine rings is 2. The highest BCUT2D eigenvalue weighted by Gasteiger charge is 2.17. The van der Waals surface area contributed by atoms with Gasteiger partial charge in [0.2, 0.25) is 11.1 Å². The average molecular weight is 462 g/mol. The van der Waals surface area contributed by atoms with Crippen LogP contribution in [0.4, 0.5) is 0 Å². The van der Waals surface area contributed by atoms with Crippen molar-refractivity contribution in [2.24, 2.45) is 7.05 Å². The van der Waals surface area contributed by atoms with Gasteiger partial charge in [0.1, 0.15) is 11.3 Å². The smallest absolute Gasteiger partial charge is 0.257 e. The molecule has 1 atom stereocenters. The van der Waals surface area contributed by atoms with Crippen LogP contribution in [-0.2, 0) is 20.0 Å². The first-order valence-electron chi connectivity index (χ1n) is 10.1. The minimum absolute atomic E-state index is 0.0166. The van der Waals surface area contributed by atoms with Crippen molar-refractivity contribution in [3.8, 4) is 11.8 Å². The van der Waals surface area contributed by atoms with Crippen LogP contribution in [0.1, 0.15) is 33.5 Å². The van der Waals surface area contributed by atoms with Crippen LogP contribution in [0, 0.1) is 11.8 Å². The average Bonchev–Trinajstić information content (AvgIpc) is 3.26. The summed E-state index contributed by atoms with van der Waals surface area (Å²) in [5, 5.41) is 13.8. The maximum atomic E-state index is 12.9. The molecule has 33 heavy (non-hydrogen) atoms. The van der Waals surface area contributed by atoms with Crippen LogP contribution >= 0.6 is 11.6 Å². The van der Waals surface area contributed by atoms with E-state index in [0.29, 0.717) is 27.6 Å². The molecule has 0 aliphatic heterocycles. The monoisotopic (exact) mass is 461 g/mol. The van der Waals surface area contributed by atoms with Crippen molar-refractivity contribution in [3.05, 3.63) is 98.8 Å². The van der Waals surface area contributed by atoms with Gasteiger partial charge in [-0.05, 0) is 35.9 Å². The van der Waals surface area contributed by atoms with Crippen LogP contribution in [0.15, 0.2) is 70.1 Å². The third kappa shape index (κ3) is 5.14.